The van der Waals surface area contributed by atoms with Gasteiger partial charge in [-0.3, -0.25) is 9.78 Å². The van der Waals surface area contributed by atoms with Crippen LogP contribution in [-0.4, -0.2) is 16.8 Å². The first-order chi connectivity index (χ1) is 8.09. The molecule has 0 radical (unpaired) electrons. The topological polar surface area (TPSA) is 71.1 Å². The van der Waals surface area contributed by atoms with E-state index in [1.54, 1.807) is 25.3 Å². The van der Waals surface area contributed by atoms with Gasteiger partial charge in [-0.05, 0) is 26.0 Å². The van der Waals surface area contributed by atoms with Gasteiger partial charge in [-0.1, -0.05) is 6.07 Å². The number of nitrogens with one attached hydrogen (secondary N) is 2. The first-order valence-corrected chi connectivity index (χ1v) is 5.29. The Balaban J connectivity index is 2.47. The van der Waals surface area contributed by atoms with Crippen molar-refractivity contribution in [1.82, 2.24) is 15.6 Å². The van der Waals surface area contributed by atoms with Crippen LogP contribution < -0.4 is 10.6 Å². The fourth-order valence-corrected chi connectivity index (χ4v) is 1.93. The van der Waals surface area contributed by atoms with E-state index in [1.807, 2.05) is 6.07 Å². The van der Waals surface area contributed by atoms with Crippen molar-refractivity contribution in [2.45, 2.75) is 19.9 Å². The quantitative estimate of drug-likeness (QED) is 0.805. The number of allylic oxidation sites excluding steroid dienone is 1. The van der Waals surface area contributed by atoms with Gasteiger partial charge in [0.2, 0.25) is 0 Å². The summed E-state index contributed by atoms with van der Waals surface area (Å²) in [6.45, 7) is 3.19. The number of aromatic nitrogens is 1. The Labute approximate surface area is 98.9 Å². The van der Waals surface area contributed by atoms with E-state index >= 15 is 0 Å². The minimum Gasteiger partial charge on any atom is -0.325 e. The van der Waals surface area contributed by atoms with E-state index in [-0.39, 0.29) is 11.8 Å². The lowest BCUT2D eigenvalue weighted by atomic mass is 9.96. The summed E-state index contributed by atoms with van der Waals surface area (Å²) in [5, 5.41) is 5.29. The van der Waals surface area contributed by atoms with Crippen molar-refractivity contribution < 1.29 is 9.59 Å². The molecule has 0 fully saturated rings. The molecule has 2 heterocycles. The van der Waals surface area contributed by atoms with Gasteiger partial charge in [-0.2, -0.15) is 0 Å². The number of hydrogen-bond donors (Lipinski definition) is 2. The molecule has 1 unspecified atom stereocenters. The van der Waals surface area contributed by atoms with Crippen LogP contribution in [0.1, 0.15) is 25.6 Å². The number of carbonyl (C=O) groups is 2. The largest absolute Gasteiger partial charge is 0.325 e. The Bertz CT molecular complexity index is 494. The van der Waals surface area contributed by atoms with Crippen molar-refractivity contribution in [2.24, 2.45) is 0 Å². The minimum atomic E-state index is -0.470. The van der Waals surface area contributed by atoms with Gasteiger partial charge in [0.25, 0.3) is 0 Å². The second kappa shape index (κ2) is 4.37. The Kier molecular flexibility index (Phi) is 2.91. The third-order valence-electron chi connectivity index (χ3n) is 2.63. The van der Waals surface area contributed by atoms with Gasteiger partial charge >= 0.3 is 6.03 Å². The van der Waals surface area contributed by atoms with Crippen LogP contribution in [0.25, 0.3) is 0 Å². The highest BCUT2D eigenvalue weighted by Crippen LogP contribution is 2.25. The van der Waals surface area contributed by atoms with Crippen LogP contribution >= 0.6 is 0 Å². The van der Waals surface area contributed by atoms with E-state index < -0.39 is 6.04 Å². The molecular formula is C12H13N3O2. The second-order valence-electron chi connectivity index (χ2n) is 3.88. The summed E-state index contributed by atoms with van der Waals surface area (Å²) in [4.78, 5) is 27.2. The Morgan fingerprint density at radius 2 is 2.18 bits per heavy atom. The molecule has 0 saturated carbocycles. The van der Waals surface area contributed by atoms with Crippen LogP contribution in [0.5, 0.6) is 0 Å². The highest BCUT2D eigenvalue weighted by Gasteiger charge is 2.29. The van der Waals surface area contributed by atoms with Crippen molar-refractivity contribution in [2.75, 3.05) is 0 Å². The summed E-state index contributed by atoms with van der Waals surface area (Å²) in [7, 11) is 0. The van der Waals surface area contributed by atoms with Crippen molar-refractivity contribution in [3.8, 4) is 0 Å². The first-order valence-electron chi connectivity index (χ1n) is 5.29. The van der Waals surface area contributed by atoms with E-state index in [0.717, 1.165) is 0 Å². The predicted molar refractivity (Wildman–Crippen MR) is 62.0 cm³/mol. The zero-order valence-electron chi connectivity index (χ0n) is 9.65. The SMILES string of the molecule is CC(=O)C1=C(C)NC(=O)NC1c1ccccn1. The van der Waals surface area contributed by atoms with Crippen molar-refractivity contribution in [3.05, 3.63) is 41.4 Å². The molecule has 1 aliphatic rings. The summed E-state index contributed by atoms with van der Waals surface area (Å²) in [6.07, 6.45) is 1.64. The lowest BCUT2D eigenvalue weighted by Gasteiger charge is -2.27. The van der Waals surface area contributed by atoms with Gasteiger partial charge < -0.3 is 10.6 Å². The van der Waals surface area contributed by atoms with E-state index in [0.29, 0.717) is 17.0 Å². The molecule has 0 saturated heterocycles. The van der Waals surface area contributed by atoms with E-state index in [4.69, 9.17) is 0 Å². The molecule has 0 spiro atoms. The molecule has 0 bridgehead atoms. The maximum atomic E-state index is 11.6. The van der Waals surface area contributed by atoms with Crippen molar-refractivity contribution >= 4 is 11.8 Å². The number of rotatable bonds is 2. The van der Waals surface area contributed by atoms with Gasteiger partial charge in [0.05, 0.1) is 5.69 Å². The summed E-state index contributed by atoms with van der Waals surface area (Å²) in [6, 6.07) is 4.61. The number of urea groups is 1. The molecule has 5 heteroatoms. The summed E-state index contributed by atoms with van der Waals surface area (Å²) in [5.41, 5.74) is 1.78. The van der Waals surface area contributed by atoms with Crippen LogP contribution in [0.2, 0.25) is 0 Å². The molecule has 2 rings (SSSR count). The number of pyridine rings is 1. The summed E-state index contributed by atoms with van der Waals surface area (Å²) >= 11 is 0. The summed E-state index contributed by atoms with van der Waals surface area (Å²) < 4.78 is 0. The molecule has 0 aliphatic carbocycles. The standard InChI is InChI=1S/C12H13N3O2/c1-7-10(8(2)16)11(15-12(17)14-7)9-5-3-4-6-13-9/h3-6,11H,1-2H3,(H2,14,15,17). The average Bonchev–Trinajstić information content (AvgIpc) is 2.28. The van der Waals surface area contributed by atoms with Crippen LogP contribution in [0, 0.1) is 0 Å². The van der Waals surface area contributed by atoms with E-state index in [2.05, 4.69) is 15.6 Å². The van der Waals surface area contributed by atoms with Crippen molar-refractivity contribution in [3.63, 3.8) is 0 Å². The first kappa shape index (κ1) is 11.3. The highest BCUT2D eigenvalue weighted by molar-refractivity contribution is 5.98. The Hall–Kier alpha value is -2.17. The Morgan fingerprint density at radius 1 is 1.41 bits per heavy atom. The van der Waals surface area contributed by atoms with Gasteiger partial charge in [0.15, 0.2) is 5.78 Å². The maximum Gasteiger partial charge on any atom is 0.319 e. The van der Waals surface area contributed by atoms with Crippen LogP contribution in [-0.2, 0) is 4.79 Å². The van der Waals surface area contributed by atoms with Crippen LogP contribution in [0.3, 0.4) is 0 Å². The molecule has 2 amide bonds. The third kappa shape index (κ3) is 2.18. The average molecular weight is 231 g/mol. The number of hydrogen-bond acceptors (Lipinski definition) is 3. The molecule has 1 aromatic heterocycles. The second-order valence-corrected chi connectivity index (χ2v) is 3.88. The number of carbonyl (C=O) groups excluding carboxylic acids is 2. The van der Waals surface area contributed by atoms with Gasteiger partial charge in [-0.25, -0.2) is 4.79 Å². The lowest BCUT2D eigenvalue weighted by Crippen LogP contribution is -2.45. The fourth-order valence-electron chi connectivity index (χ4n) is 1.93. The van der Waals surface area contributed by atoms with Gasteiger partial charge in [-0.15, -0.1) is 0 Å². The molecule has 2 N–H and O–H groups in total. The molecule has 88 valence electrons. The zero-order valence-corrected chi connectivity index (χ0v) is 9.65. The Morgan fingerprint density at radius 3 is 2.76 bits per heavy atom. The molecule has 17 heavy (non-hydrogen) atoms. The third-order valence-corrected chi connectivity index (χ3v) is 2.63. The number of ketones is 1. The maximum absolute atomic E-state index is 11.6. The zero-order chi connectivity index (χ0) is 12.4. The molecular weight excluding hydrogens is 218 g/mol. The van der Waals surface area contributed by atoms with Crippen molar-refractivity contribution in [1.29, 1.82) is 0 Å². The van der Waals surface area contributed by atoms with Crippen LogP contribution in [0.15, 0.2) is 35.7 Å². The monoisotopic (exact) mass is 231 g/mol. The molecule has 5 nitrogen and oxygen atoms in total. The van der Waals surface area contributed by atoms with Gasteiger partial charge in [0.1, 0.15) is 6.04 Å². The summed E-state index contributed by atoms with van der Waals surface area (Å²) in [5.74, 6) is -0.0781. The smallest absolute Gasteiger partial charge is 0.319 e. The molecule has 0 aromatic carbocycles. The molecule has 1 aliphatic heterocycles. The molecule has 1 atom stereocenters. The molecule has 1 aromatic rings. The highest BCUT2D eigenvalue weighted by atomic mass is 16.2. The minimum absolute atomic E-state index is 0.0781. The number of Topliss-reactive ketones (excluding diaryl/α,β-unsaturated/α-hetero) is 1. The van der Waals surface area contributed by atoms with Gasteiger partial charge in [0, 0.05) is 17.5 Å². The van der Waals surface area contributed by atoms with E-state index in [1.165, 1.54) is 6.92 Å². The number of amides is 2. The lowest BCUT2D eigenvalue weighted by molar-refractivity contribution is -0.114. The predicted octanol–water partition coefficient (Wildman–Crippen LogP) is 1.30. The van der Waals surface area contributed by atoms with Crippen LogP contribution in [0.4, 0.5) is 4.79 Å². The normalized spacial score (nSPS) is 19.6. The number of nitrogens with zero attached hydrogens (tertiary/aromatic N) is 1. The van der Waals surface area contributed by atoms with E-state index in [9.17, 15) is 9.59 Å². The fraction of sp³-hybridized carbons (Fsp3) is 0.250.